The lowest BCUT2D eigenvalue weighted by atomic mass is 10.1. The molecule has 0 amide bonds. The normalized spacial score (nSPS) is 11.4. The van der Waals surface area contributed by atoms with Crippen LogP contribution in [0.4, 0.5) is 5.82 Å². The minimum absolute atomic E-state index is 0.180. The van der Waals surface area contributed by atoms with Gasteiger partial charge in [0.25, 0.3) is 0 Å². The van der Waals surface area contributed by atoms with Crippen molar-refractivity contribution in [1.29, 1.82) is 0 Å². The van der Waals surface area contributed by atoms with E-state index in [1.54, 1.807) is 42.5 Å². The zero-order valence-electron chi connectivity index (χ0n) is 14.0. The number of thiophene rings is 1. The zero-order chi connectivity index (χ0) is 19.0. The van der Waals surface area contributed by atoms with Crippen molar-refractivity contribution in [3.8, 4) is 23.7 Å². The van der Waals surface area contributed by atoms with Crippen LogP contribution in [-0.4, -0.2) is 18.4 Å². The van der Waals surface area contributed by atoms with Crippen LogP contribution in [0.2, 0.25) is 0 Å². The Morgan fingerprint density at radius 1 is 1.00 bits per heavy atom. The molecule has 0 atom stereocenters. The number of benzene rings is 2. The molecule has 0 spiro atoms. The van der Waals surface area contributed by atoms with E-state index < -0.39 is 9.84 Å². The van der Waals surface area contributed by atoms with Gasteiger partial charge in [0.1, 0.15) is 14.9 Å². The molecule has 7 heteroatoms. The molecule has 132 valence electrons. The summed E-state index contributed by atoms with van der Waals surface area (Å²) in [5, 5.41) is 0.520. The maximum absolute atomic E-state index is 12.9. The van der Waals surface area contributed by atoms with Crippen molar-refractivity contribution >= 4 is 37.2 Å². The Balaban J connectivity index is 1.86. The molecule has 27 heavy (non-hydrogen) atoms. The van der Waals surface area contributed by atoms with Crippen LogP contribution in [0.25, 0.3) is 21.6 Å². The molecule has 0 fully saturated rings. The van der Waals surface area contributed by atoms with Gasteiger partial charge < -0.3 is 5.73 Å². The highest BCUT2D eigenvalue weighted by atomic mass is 32.2. The molecule has 2 aromatic carbocycles. The van der Waals surface area contributed by atoms with E-state index in [-0.39, 0.29) is 14.9 Å². The molecule has 0 aliphatic rings. The predicted molar refractivity (Wildman–Crippen MR) is 107 cm³/mol. The molecule has 2 aromatic heterocycles. The molecule has 0 saturated heterocycles. The van der Waals surface area contributed by atoms with Crippen molar-refractivity contribution in [3.63, 3.8) is 0 Å². The third-order valence-electron chi connectivity index (χ3n) is 4.01. The summed E-state index contributed by atoms with van der Waals surface area (Å²) in [6, 6.07) is 17.0. The SMILES string of the molecule is C#Cc1cccc(-c2nc(N)c3cc(S(=O)(=O)c4ccccc4)sc3n2)c1. The fourth-order valence-corrected chi connectivity index (χ4v) is 5.40. The number of hydrogen-bond donors (Lipinski definition) is 1. The van der Waals surface area contributed by atoms with Gasteiger partial charge in [-0.2, -0.15) is 0 Å². The quantitative estimate of drug-likeness (QED) is 0.538. The number of sulfone groups is 1. The third kappa shape index (κ3) is 3.05. The second-order valence-corrected chi connectivity index (χ2v) is 8.97. The summed E-state index contributed by atoms with van der Waals surface area (Å²) in [4.78, 5) is 9.57. The molecule has 2 heterocycles. The highest BCUT2D eigenvalue weighted by Gasteiger charge is 2.22. The van der Waals surface area contributed by atoms with E-state index in [0.717, 1.165) is 16.9 Å². The molecule has 4 aromatic rings. The highest BCUT2D eigenvalue weighted by Crippen LogP contribution is 2.35. The number of nitrogens with two attached hydrogens (primary N) is 1. The zero-order valence-corrected chi connectivity index (χ0v) is 15.6. The number of anilines is 1. The van der Waals surface area contributed by atoms with Crippen LogP contribution in [0, 0.1) is 12.3 Å². The Hall–Kier alpha value is -3.21. The summed E-state index contributed by atoms with van der Waals surface area (Å²) in [7, 11) is -3.64. The van der Waals surface area contributed by atoms with Crippen molar-refractivity contribution in [2.45, 2.75) is 9.10 Å². The molecule has 2 N–H and O–H groups in total. The topological polar surface area (TPSA) is 85.9 Å². The number of aromatic nitrogens is 2. The lowest BCUT2D eigenvalue weighted by Gasteiger charge is -2.03. The first kappa shape index (κ1) is 17.2. The van der Waals surface area contributed by atoms with Gasteiger partial charge in [0.05, 0.1) is 10.3 Å². The molecule has 4 rings (SSSR count). The van der Waals surface area contributed by atoms with Crippen LogP contribution in [0.15, 0.2) is 69.8 Å². The number of terminal acetylenes is 1. The monoisotopic (exact) mass is 391 g/mol. The molecule has 0 unspecified atom stereocenters. The molecule has 0 radical (unpaired) electrons. The second-order valence-electron chi connectivity index (χ2n) is 5.76. The Morgan fingerprint density at radius 3 is 2.52 bits per heavy atom. The van der Waals surface area contributed by atoms with Crippen LogP contribution < -0.4 is 5.73 Å². The van der Waals surface area contributed by atoms with Crippen LogP contribution in [-0.2, 0) is 9.84 Å². The first-order chi connectivity index (χ1) is 13.0. The average Bonchev–Trinajstić information content (AvgIpc) is 3.14. The average molecular weight is 391 g/mol. The molecule has 0 aliphatic carbocycles. The number of fused-ring (bicyclic) bond motifs is 1. The number of rotatable bonds is 3. The Bertz CT molecular complexity index is 1300. The van der Waals surface area contributed by atoms with Crippen molar-refractivity contribution in [1.82, 2.24) is 9.97 Å². The van der Waals surface area contributed by atoms with Gasteiger partial charge in [0, 0.05) is 11.1 Å². The Labute approximate surface area is 160 Å². The maximum atomic E-state index is 12.9. The lowest BCUT2D eigenvalue weighted by molar-refractivity contribution is 0.598. The van der Waals surface area contributed by atoms with Crippen molar-refractivity contribution < 1.29 is 8.42 Å². The van der Waals surface area contributed by atoms with Crippen LogP contribution >= 0.6 is 11.3 Å². The number of nitrogens with zero attached hydrogens (tertiary/aromatic N) is 2. The van der Waals surface area contributed by atoms with E-state index in [1.165, 1.54) is 6.07 Å². The Morgan fingerprint density at radius 2 is 1.78 bits per heavy atom. The van der Waals surface area contributed by atoms with E-state index in [1.807, 2.05) is 12.1 Å². The molecule has 0 bridgehead atoms. The lowest BCUT2D eigenvalue weighted by Crippen LogP contribution is -1.98. The highest BCUT2D eigenvalue weighted by molar-refractivity contribution is 7.93. The molecular formula is C20H13N3O2S2. The number of hydrogen-bond acceptors (Lipinski definition) is 6. The van der Waals surface area contributed by atoms with Gasteiger partial charge in [-0.05, 0) is 30.3 Å². The van der Waals surface area contributed by atoms with E-state index in [0.29, 0.717) is 21.6 Å². The minimum Gasteiger partial charge on any atom is -0.383 e. The van der Waals surface area contributed by atoms with Gasteiger partial charge in [-0.1, -0.05) is 36.3 Å². The van der Waals surface area contributed by atoms with E-state index in [9.17, 15) is 8.42 Å². The largest absolute Gasteiger partial charge is 0.383 e. The molecule has 5 nitrogen and oxygen atoms in total. The van der Waals surface area contributed by atoms with Crippen LogP contribution in [0.3, 0.4) is 0 Å². The summed E-state index contributed by atoms with van der Waals surface area (Å²) in [5.41, 5.74) is 7.50. The predicted octanol–water partition coefficient (Wildman–Crippen LogP) is 3.75. The minimum atomic E-state index is -3.64. The fourth-order valence-electron chi connectivity index (χ4n) is 2.65. The van der Waals surface area contributed by atoms with E-state index in [4.69, 9.17) is 12.2 Å². The van der Waals surface area contributed by atoms with Crippen molar-refractivity contribution in [2.24, 2.45) is 0 Å². The van der Waals surface area contributed by atoms with Crippen molar-refractivity contribution in [2.75, 3.05) is 5.73 Å². The maximum Gasteiger partial charge on any atom is 0.216 e. The standard InChI is InChI=1S/C20H13N3O2S2/c1-2-13-7-6-8-14(11-13)19-22-18(21)16-12-17(26-20(16)23-19)27(24,25)15-9-4-3-5-10-15/h1,3-12H,(H2,21,22,23). The van der Waals surface area contributed by atoms with Crippen molar-refractivity contribution in [3.05, 3.63) is 66.2 Å². The summed E-state index contributed by atoms with van der Waals surface area (Å²) >= 11 is 1.07. The van der Waals surface area contributed by atoms with Gasteiger partial charge in [0.15, 0.2) is 5.82 Å². The first-order valence-electron chi connectivity index (χ1n) is 7.93. The van der Waals surface area contributed by atoms with Gasteiger partial charge in [0.2, 0.25) is 9.84 Å². The smallest absolute Gasteiger partial charge is 0.216 e. The first-order valence-corrected chi connectivity index (χ1v) is 10.2. The second kappa shape index (κ2) is 6.50. The summed E-state index contributed by atoms with van der Waals surface area (Å²) in [6.45, 7) is 0. The van der Waals surface area contributed by atoms with E-state index in [2.05, 4.69) is 15.9 Å². The number of nitrogen functional groups attached to an aromatic ring is 1. The van der Waals surface area contributed by atoms with Gasteiger partial charge >= 0.3 is 0 Å². The molecule has 0 saturated carbocycles. The van der Waals surface area contributed by atoms with Gasteiger partial charge in [-0.15, -0.1) is 17.8 Å². The molecular weight excluding hydrogens is 378 g/mol. The summed E-state index contributed by atoms with van der Waals surface area (Å²) in [5.74, 6) is 3.20. The summed E-state index contributed by atoms with van der Waals surface area (Å²) in [6.07, 6.45) is 5.44. The van der Waals surface area contributed by atoms with Gasteiger partial charge in [-0.3, -0.25) is 0 Å². The summed E-state index contributed by atoms with van der Waals surface area (Å²) < 4.78 is 25.9. The van der Waals surface area contributed by atoms with Crippen LogP contribution in [0.1, 0.15) is 5.56 Å². The Kier molecular flexibility index (Phi) is 4.15. The van der Waals surface area contributed by atoms with Gasteiger partial charge in [-0.25, -0.2) is 18.4 Å². The third-order valence-corrected chi connectivity index (χ3v) is 7.28. The van der Waals surface area contributed by atoms with E-state index >= 15 is 0 Å². The van der Waals surface area contributed by atoms with Crippen LogP contribution in [0.5, 0.6) is 0 Å². The fraction of sp³-hybridized carbons (Fsp3) is 0. The molecule has 0 aliphatic heterocycles.